The highest BCUT2D eigenvalue weighted by molar-refractivity contribution is 6.00. The van der Waals surface area contributed by atoms with Crippen LogP contribution in [0.1, 0.15) is 22.3 Å². The summed E-state index contributed by atoms with van der Waals surface area (Å²) in [5.41, 5.74) is 0.184. The van der Waals surface area contributed by atoms with Crippen molar-refractivity contribution in [3.8, 4) is 5.75 Å². The highest BCUT2D eigenvalue weighted by atomic mass is 19.1. The summed E-state index contributed by atoms with van der Waals surface area (Å²) in [4.78, 5) is 22.5. The summed E-state index contributed by atoms with van der Waals surface area (Å²) in [7, 11) is 1.42. The number of ether oxygens (including phenoxy) is 2. The van der Waals surface area contributed by atoms with Gasteiger partial charge in [-0.25, -0.2) is 9.18 Å². The maximum Gasteiger partial charge on any atom is 0.349 e. The largest absolute Gasteiger partial charge is 0.496 e. The minimum absolute atomic E-state index is 0.0402. The van der Waals surface area contributed by atoms with E-state index >= 15 is 0 Å². The van der Waals surface area contributed by atoms with Gasteiger partial charge in [-0.15, -0.1) is 0 Å². The molecule has 0 bridgehead atoms. The van der Waals surface area contributed by atoms with Gasteiger partial charge in [0.1, 0.15) is 17.1 Å². The van der Waals surface area contributed by atoms with Crippen LogP contribution in [0.5, 0.6) is 5.75 Å². The third-order valence-corrected chi connectivity index (χ3v) is 2.43. The van der Waals surface area contributed by atoms with E-state index in [1.165, 1.54) is 13.2 Å². The van der Waals surface area contributed by atoms with Crippen LogP contribution in [-0.2, 0) is 16.0 Å². The first kappa shape index (κ1) is 10.6. The van der Waals surface area contributed by atoms with Crippen LogP contribution < -0.4 is 4.74 Å². The van der Waals surface area contributed by atoms with Crippen molar-refractivity contribution in [1.29, 1.82) is 0 Å². The molecule has 0 saturated carbocycles. The van der Waals surface area contributed by atoms with Crippen LogP contribution in [0.2, 0.25) is 0 Å². The second-order valence-electron chi connectivity index (χ2n) is 3.36. The van der Waals surface area contributed by atoms with Gasteiger partial charge in [0, 0.05) is 5.56 Å². The average molecular weight is 224 g/mol. The normalized spacial score (nSPS) is 15.1. The number of hydrogen-bond acceptors (Lipinski definition) is 4. The zero-order chi connectivity index (χ0) is 11.7. The first-order chi connectivity index (χ1) is 7.63. The highest BCUT2D eigenvalue weighted by Gasteiger charge is 2.27. The molecule has 4 nitrogen and oxygen atoms in total. The molecule has 84 valence electrons. The van der Waals surface area contributed by atoms with Gasteiger partial charge >= 0.3 is 11.9 Å². The molecule has 1 aromatic carbocycles. The van der Waals surface area contributed by atoms with Crippen molar-refractivity contribution >= 4 is 11.9 Å². The minimum Gasteiger partial charge on any atom is -0.496 e. The SMILES string of the molecule is COc1ccc(F)c2c1CCC(=O)OC2=O. The van der Waals surface area contributed by atoms with E-state index < -0.39 is 17.8 Å². The van der Waals surface area contributed by atoms with Gasteiger partial charge in [-0.2, -0.15) is 0 Å². The lowest BCUT2D eigenvalue weighted by atomic mass is 10.0. The monoisotopic (exact) mass is 224 g/mol. The van der Waals surface area contributed by atoms with Crippen molar-refractivity contribution in [1.82, 2.24) is 0 Å². The Labute approximate surface area is 91.0 Å². The first-order valence-electron chi connectivity index (χ1n) is 4.74. The quantitative estimate of drug-likeness (QED) is 0.535. The zero-order valence-corrected chi connectivity index (χ0v) is 8.58. The number of halogens is 1. The summed E-state index contributed by atoms with van der Waals surface area (Å²) >= 11 is 0. The van der Waals surface area contributed by atoms with E-state index in [1.54, 1.807) is 0 Å². The fourth-order valence-electron chi connectivity index (χ4n) is 1.69. The van der Waals surface area contributed by atoms with Gasteiger partial charge in [0.25, 0.3) is 0 Å². The topological polar surface area (TPSA) is 52.6 Å². The van der Waals surface area contributed by atoms with Gasteiger partial charge in [0.05, 0.1) is 13.5 Å². The number of carbonyl (C=O) groups is 2. The summed E-state index contributed by atoms with van der Waals surface area (Å²) in [6.07, 6.45) is 0.277. The molecule has 0 saturated heterocycles. The Morgan fingerprint density at radius 1 is 1.31 bits per heavy atom. The van der Waals surface area contributed by atoms with Crippen molar-refractivity contribution in [3.05, 3.63) is 29.1 Å². The number of esters is 2. The molecule has 0 N–H and O–H groups in total. The molecule has 0 unspecified atom stereocenters. The lowest BCUT2D eigenvalue weighted by molar-refractivity contribution is -0.137. The zero-order valence-electron chi connectivity index (χ0n) is 8.58. The number of fused-ring (bicyclic) bond motifs is 1. The summed E-state index contributed by atoms with van der Waals surface area (Å²) in [5.74, 6) is -1.91. The summed E-state index contributed by atoms with van der Waals surface area (Å²) in [5, 5.41) is 0. The van der Waals surface area contributed by atoms with Gasteiger partial charge in [-0.3, -0.25) is 4.79 Å². The van der Waals surface area contributed by atoms with Crippen LogP contribution in [0.15, 0.2) is 12.1 Å². The number of hydrogen-bond donors (Lipinski definition) is 0. The van der Waals surface area contributed by atoms with Crippen LogP contribution >= 0.6 is 0 Å². The van der Waals surface area contributed by atoms with Crippen molar-refractivity contribution < 1.29 is 23.5 Å². The van der Waals surface area contributed by atoms with Crippen LogP contribution in [-0.4, -0.2) is 19.0 Å². The van der Waals surface area contributed by atoms with E-state index in [4.69, 9.17) is 4.74 Å². The van der Waals surface area contributed by atoms with Crippen molar-refractivity contribution in [2.45, 2.75) is 12.8 Å². The maximum absolute atomic E-state index is 13.5. The van der Waals surface area contributed by atoms with Gasteiger partial charge in [-0.05, 0) is 18.6 Å². The Morgan fingerprint density at radius 3 is 2.75 bits per heavy atom. The second kappa shape index (κ2) is 3.92. The molecule has 1 heterocycles. The smallest absolute Gasteiger partial charge is 0.349 e. The molecular formula is C11H9FO4. The first-order valence-corrected chi connectivity index (χ1v) is 4.74. The number of rotatable bonds is 1. The molecular weight excluding hydrogens is 215 g/mol. The molecule has 0 aliphatic carbocycles. The predicted octanol–water partition coefficient (Wildman–Crippen LogP) is 1.46. The van der Waals surface area contributed by atoms with Crippen LogP contribution in [0.3, 0.4) is 0 Å². The van der Waals surface area contributed by atoms with E-state index in [1.807, 2.05) is 0 Å². The van der Waals surface area contributed by atoms with Crippen LogP contribution in [0.4, 0.5) is 4.39 Å². The Kier molecular flexibility index (Phi) is 2.60. The van der Waals surface area contributed by atoms with Crippen LogP contribution in [0, 0.1) is 5.82 Å². The fraction of sp³-hybridized carbons (Fsp3) is 0.273. The maximum atomic E-state index is 13.5. The van der Waals surface area contributed by atoms with E-state index in [9.17, 15) is 14.0 Å². The molecule has 5 heteroatoms. The lowest BCUT2D eigenvalue weighted by Gasteiger charge is -2.09. The number of benzene rings is 1. The Balaban J connectivity index is 2.61. The summed E-state index contributed by atoms with van der Waals surface area (Å²) < 4.78 is 22.9. The van der Waals surface area contributed by atoms with Crippen LogP contribution in [0.25, 0.3) is 0 Å². The predicted molar refractivity (Wildman–Crippen MR) is 51.7 cm³/mol. The molecule has 0 amide bonds. The number of methoxy groups -OCH3 is 1. The third-order valence-electron chi connectivity index (χ3n) is 2.43. The van der Waals surface area contributed by atoms with Crippen molar-refractivity contribution in [2.75, 3.05) is 7.11 Å². The molecule has 2 rings (SSSR count). The fourth-order valence-corrected chi connectivity index (χ4v) is 1.69. The average Bonchev–Trinajstić information content (AvgIpc) is 2.39. The molecule has 0 radical (unpaired) electrons. The van der Waals surface area contributed by atoms with E-state index in [2.05, 4.69) is 4.74 Å². The van der Waals surface area contributed by atoms with E-state index in [-0.39, 0.29) is 18.4 Å². The molecule has 0 atom stereocenters. The molecule has 1 aromatic rings. The molecule has 0 aromatic heterocycles. The standard InChI is InChI=1S/C11H9FO4/c1-15-8-4-3-7(12)10-6(8)2-5-9(13)16-11(10)14/h3-4H,2,5H2,1H3. The van der Waals surface area contributed by atoms with Gasteiger partial charge in [-0.1, -0.05) is 0 Å². The molecule has 1 aliphatic heterocycles. The molecule has 1 aliphatic rings. The van der Waals surface area contributed by atoms with Gasteiger partial charge in [0.15, 0.2) is 0 Å². The Morgan fingerprint density at radius 2 is 2.06 bits per heavy atom. The highest BCUT2D eigenvalue weighted by Crippen LogP contribution is 2.29. The molecule has 16 heavy (non-hydrogen) atoms. The van der Waals surface area contributed by atoms with Gasteiger partial charge in [0.2, 0.25) is 0 Å². The Bertz CT molecular complexity index is 467. The van der Waals surface area contributed by atoms with E-state index in [0.717, 1.165) is 6.07 Å². The van der Waals surface area contributed by atoms with Gasteiger partial charge < -0.3 is 9.47 Å². The minimum atomic E-state index is -0.950. The summed E-state index contributed by atoms with van der Waals surface area (Å²) in [6, 6.07) is 2.55. The Hall–Kier alpha value is -1.91. The molecule has 0 spiro atoms. The summed E-state index contributed by atoms with van der Waals surface area (Å²) in [6.45, 7) is 0. The third kappa shape index (κ3) is 1.64. The van der Waals surface area contributed by atoms with Crippen molar-refractivity contribution in [3.63, 3.8) is 0 Å². The number of carbonyl (C=O) groups excluding carboxylic acids is 2. The second-order valence-corrected chi connectivity index (χ2v) is 3.36. The molecule has 0 fully saturated rings. The van der Waals surface area contributed by atoms with Crippen molar-refractivity contribution in [2.24, 2.45) is 0 Å². The lowest BCUT2D eigenvalue weighted by Crippen LogP contribution is -2.11. The van der Waals surface area contributed by atoms with E-state index in [0.29, 0.717) is 11.3 Å². The number of cyclic esters (lactones) is 2.